The molecule has 2 aliphatic rings. The quantitative estimate of drug-likeness (QED) is 0.270. The van der Waals surface area contributed by atoms with Crippen LogP contribution in [0.1, 0.15) is 62.1 Å². The molecule has 6 heteroatoms. The number of allylic oxidation sites excluding steroid dienone is 2. The van der Waals surface area contributed by atoms with E-state index in [2.05, 4.69) is 0 Å². The van der Waals surface area contributed by atoms with Gasteiger partial charge in [0.05, 0.1) is 12.7 Å². The first-order chi connectivity index (χ1) is 19.3. The summed E-state index contributed by atoms with van der Waals surface area (Å²) in [4.78, 5) is 32.5. The summed E-state index contributed by atoms with van der Waals surface area (Å²) in [5, 5.41) is 0.660. The standard InChI is InChI=1S/C34H34ClNO4/c1-21(2)40-30-12-8-7-11-27(30)32-31(34(38)39-18-17-23-9-5-4-6-10-23)22(3)36-28-19-25(20-29(37)33(28)32)24-13-15-26(35)16-14-24/h4-16,21,25,31-32H,17-20H2,1-3H3/t25-,31?,32+/m1/s1. The number of nitrogens with zero attached hydrogens (tertiary/aromatic N) is 1. The molecule has 1 aliphatic carbocycles. The van der Waals surface area contributed by atoms with E-state index in [1.807, 2.05) is 99.6 Å². The van der Waals surface area contributed by atoms with Crippen LogP contribution in [-0.4, -0.2) is 30.2 Å². The maximum atomic E-state index is 13.9. The van der Waals surface area contributed by atoms with Crippen LogP contribution in [0.15, 0.2) is 95.1 Å². The first-order valence-electron chi connectivity index (χ1n) is 13.8. The highest BCUT2D eigenvalue weighted by Gasteiger charge is 2.45. The number of para-hydroxylation sites is 1. The van der Waals surface area contributed by atoms with Gasteiger partial charge in [-0.2, -0.15) is 0 Å². The molecule has 0 fully saturated rings. The summed E-state index contributed by atoms with van der Waals surface area (Å²) in [6, 6.07) is 25.3. The van der Waals surface area contributed by atoms with Crippen LogP contribution in [0.5, 0.6) is 5.75 Å². The fourth-order valence-corrected chi connectivity index (χ4v) is 5.90. The minimum Gasteiger partial charge on any atom is -0.491 e. The first-order valence-corrected chi connectivity index (χ1v) is 14.2. The number of esters is 1. The van der Waals surface area contributed by atoms with E-state index < -0.39 is 11.8 Å². The largest absolute Gasteiger partial charge is 0.491 e. The summed E-state index contributed by atoms with van der Waals surface area (Å²) in [6.45, 7) is 6.05. The monoisotopic (exact) mass is 555 g/mol. The third kappa shape index (κ3) is 6.05. The molecule has 0 N–H and O–H groups in total. The topological polar surface area (TPSA) is 65.0 Å². The van der Waals surface area contributed by atoms with Crippen LogP contribution in [-0.2, 0) is 20.7 Å². The number of benzene rings is 3. The van der Waals surface area contributed by atoms with Crippen molar-refractivity contribution in [2.45, 2.75) is 58.0 Å². The molecule has 3 aromatic carbocycles. The van der Waals surface area contributed by atoms with Crippen LogP contribution in [0, 0.1) is 5.92 Å². The highest BCUT2D eigenvalue weighted by Crippen LogP contribution is 2.48. The van der Waals surface area contributed by atoms with Gasteiger partial charge in [0.25, 0.3) is 0 Å². The molecule has 3 atom stereocenters. The molecule has 1 aliphatic heterocycles. The summed E-state index contributed by atoms with van der Waals surface area (Å²) in [6.07, 6.45) is 1.50. The molecule has 5 nitrogen and oxygen atoms in total. The van der Waals surface area contributed by atoms with E-state index in [0.29, 0.717) is 41.3 Å². The van der Waals surface area contributed by atoms with Gasteiger partial charge in [0.2, 0.25) is 0 Å². The Morgan fingerprint density at radius 1 is 0.975 bits per heavy atom. The van der Waals surface area contributed by atoms with Gasteiger partial charge in [0.1, 0.15) is 11.7 Å². The molecule has 0 bridgehead atoms. The Kier molecular flexibility index (Phi) is 8.51. The van der Waals surface area contributed by atoms with Crippen molar-refractivity contribution in [3.63, 3.8) is 0 Å². The van der Waals surface area contributed by atoms with Gasteiger partial charge in [-0.15, -0.1) is 0 Å². The zero-order valence-electron chi connectivity index (χ0n) is 23.1. The van der Waals surface area contributed by atoms with E-state index in [9.17, 15) is 9.59 Å². The minimum absolute atomic E-state index is 0.00255. The third-order valence-corrected chi connectivity index (χ3v) is 7.83. The molecular formula is C34H34ClNO4. The number of carbonyl (C=O) groups is 2. The molecule has 0 spiro atoms. The summed E-state index contributed by atoms with van der Waals surface area (Å²) < 4.78 is 12.0. The van der Waals surface area contributed by atoms with Gasteiger partial charge in [0.15, 0.2) is 5.78 Å². The number of ketones is 1. The number of aliphatic imine (C=N–C) groups is 1. The highest BCUT2D eigenvalue weighted by molar-refractivity contribution is 6.30. The number of ether oxygens (including phenoxy) is 2. The van der Waals surface area contributed by atoms with Crippen LogP contribution in [0.4, 0.5) is 0 Å². The minimum atomic E-state index is -0.720. The highest BCUT2D eigenvalue weighted by atomic mass is 35.5. The van der Waals surface area contributed by atoms with Crippen molar-refractivity contribution in [2.75, 3.05) is 6.61 Å². The Balaban J connectivity index is 1.51. The Labute approximate surface area is 240 Å². The van der Waals surface area contributed by atoms with Crippen molar-refractivity contribution in [2.24, 2.45) is 10.9 Å². The van der Waals surface area contributed by atoms with Crippen LogP contribution in [0.2, 0.25) is 5.02 Å². The van der Waals surface area contributed by atoms with E-state index >= 15 is 0 Å². The normalized spacial score (nSPS) is 20.7. The van der Waals surface area contributed by atoms with Crippen molar-refractivity contribution in [3.05, 3.63) is 112 Å². The van der Waals surface area contributed by atoms with Gasteiger partial charge in [-0.3, -0.25) is 14.6 Å². The number of carbonyl (C=O) groups excluding carboxylic acids is 2. The molecule has 0 amide bonds. The molecule has 1 unspecified atom stereocenters. The Hall–Kier alpha value is -3.70. The van der Waals surface area contributed by atoms with Crippen molar-refractivity contribution < 1.29 is 19.1 Å². The van der Waals surface area contributed by atoms with Crippen LogP contribution >= 0.6 is 11.6 Å². The smallest absolute Gasteiger partial charge is 0.315 e. The third-order valence-electron chi connectivity index (χ3n) is 7.58. The summed E-state index contributed by atoms with van der Waals surface area (Å²) in [5.41, 5.74) is 4.95. The Morgan fingerprint density at radius 3 is 2.40 bits per heavy atom. The number of hydrogen-bond acceptors (Lipinski definition) is 5. The second-order valence-electron chi connectivity index (χ2n) is 10.8. The fourth-order valence-electron chi connectivity index (χ4n) is 5.77. The number of halogens is 1. The second kappa shape index (κ2) is 12.2. The maximum Gasteiger partial charge on any atom is 0.315 e. The van der Waals surface area contributed by atoms with Crippen LogP contribution in [0.25, 0.3) is 0 Å². The lowest BCUT2D eigenvalue weighted by Gasteiger charge is -2.37. The summed E-state index contributed by atoms with van der Waals surface area (Å²) >= 11 is 6.11. The van der Waals surface area contributed by atoms with Crippen LogP contribution < -0.4 is 4.74 Å². The fraction of sp³-hybridized carbons (Fsp3) is 0.324. The van der Waals surface area contributed by atoms with E-state index in [-0.39, 0.29) is 30.4 Å². The molecule has 0 aromatic heterocycles. The van der Waals surface area contributed by atoms with Gasteiger partial charge >= 0.3 is 5.97 Å². The SMILES string of the molecule is CC1=NC2=C(C(=O)C[C@H](c3ccc(Cl)cc3)C2)[C@@H](c2ccccc2OC(C)C)C1C(=O)OCCc1ccccc1. The first kappa shape index (κ1) is 27.9. The molecular weight excluding hydrogens is 522 g/mol. The zero-order chi connectivity index (χ0) is 28.2. The van der Waals surface area contributed by atoms with Crippen LogP contribution in [0.3, 0.4) is 0 Å². The molecule has 0 radical (unpaired) electrons. The number of Topliss-reactive ketones (excluding diaryl/α,β-unsaturated/α-hetero) is 1. The van der Waals surface area contributed by atoms with Gasteiger partial charge < -0.3 is 9.47 Å². The van der Waals surface area contributed by atoms with Gasteiger partial charge in [-0.25, -0.2) is 0 Å². The van der Waals surface area contributed by atoms with Crippen molar-refractivity contribution in [1.29, 1.82) is 0 Å². The van der Waals surface area contributed by atoms with Gasteiger partial charge in [-0.05, 0) is 62.4 Å². The average molecular weight is 556 g/mol. The molecule has 0 saturated heterocycles. The van der Waals surface area contributed by atoms with Crippen molar-refractivity contribution in [3.8, 4) is 5.75 Å². The molecule has 40 heavy (non-hydrogen) atoms. The molecule has 5 rings (SSSR count). The lowest BCUT2D eigenvalue weighted by Crippen LogP contribution is -2.38. The average Bonchev–Trinajstić information content (AvgIpc) is 2.93. The molecule has 1 heterocycles. The summed E-state index contributed by atoms with van der Waals surface area (Å²) in [7, 11) is 0. The number of hydrogen-bond donors (Lipinski definition) is 0. The van der Waals surface area contributed by atoms with E-state index in [4.69, 9.17) is 26.1 Å². The van der Waals surface area contributed by atoms with Gasteiger partial charge in [-0.1, -0.05) is 72.3 Å². The van der Waals surface area contributed by atoms with Crippen molar-refractivity contribution in [1.82, 2.24) is 0 Å². The van der Waals surface area contributed by atoms with Gasteiger partial charge in [0, 0.05) is 46.3 Å². The molecule has 0 saturated carbocycles. The Bertz CT molecular complexity index is 1440. The molecule has 206 valence electrons. The molecule has 3 aromatic rings. The second-order valence-corrected chi connectivity index (χ2v) is 11.2. The van der Waals surface area contributed by atoms with E-state index in [1.165, 1.54) is 0 Å². The van der Waals surface area contributed by atoms with E-state index in [1.54, 1.807) is 0 Å². The van der Waals surface area contributed by atoms with E-state index in [0.717, 1.165) is 22.4 Å². The lowest BCUT2D eigenvalue weighted by molar-refractivity contribution is -0.146. The van der Waals surface area contributed by atoms with Crippen molar-refractivity contribution >= 4 is 29.1 Å². The Morgan fingerprint density at radius 2 is 1.68 bits per heavy atom. The number of rotatable bonds is 8. The lowest BCUT2D eigenvalue weighted by atomic mass is 9.69. The summed E-state index contributed by atoms with van der Waals surface area (Å²) in [5.74, 6) is -0.964. The zero-order valence-corrected chi connectivity index (χ0v) is 23.9. The maximum absolute atomic E-state index is 13.9. The predicted molar refractivity (Wildman–Crippen MR) is 158 cm³/mol. The predicted octanol–water partition coefficient (Wildman–Crippen LogP) is 7.49.